The van der Waals surface area contributed by atoms with E-state index < -0.39 is 43.8 Å². The molecule has 0 aliphatic rings. The molecule has 1 unspecified atom stereocenters. The normalized spacial score (nSPS) is 12.6. The summed E-state index contributed by atoms with van der Waals surface area (Å²) >= 11 is 0. The Balaban J connectivity index is 1.46. The van der Waals surface area contributed by atoms with Crippen LogP contribution in [0.3, 0.4) is 0 Å². The fraction of sp³-hybridized carbons (Fsp3) is 0.325. The Bertz CT molecular complexity index is 1590. The number of benzene rings is 4. The Labute approximate surface area is 290 Å². The molecule has 258 valence electrons. The number of ether oxygens (including phenoxy) is 1. The van der Waals surface area contributed by atoms with Gasteiger partial charge in [0.15, 0.2) is 5.78 Å². The molecular formula is C40H47N2O6P. The van der Waals surface area contributed by atoms with E-state index in [1.807, 2.05) is 135 Å². The van der Waals surface area contributed by atoms with Crippen LogP contribution in [-0.2, 0) is 49.3 Å². The second-order valence-corrected chi connectivity index (χ2v) is 15.4. The van der Waals surface area contributed by atoms with Gasteiger partial charge in [0.25, 0.3) is 0 Å². The van der Waals surface area contributed by atoms with Crippen molar-refractivity contribution >= 4 is 25.2 Å². The number of hydrogen-bond acceptors (Lipinski definition) is 6. The summed E-state index contributed by atoms with van der Waals surface area (Å²) in [6, 6.07) is 36.3. The minimum absolute atomic E-state index is 0.0593. The summed E-state index contributed by atoms with van der Waals surface area (Å²) in [5.41, 5.74) is 3.74. The minimum atomic E-state index is -3.26. The summed E-state index contributed by atoms with van der Waals surface area (Å²) in [7, 11) is -3.26. The molecule has 49 heavy (non-hydrogen) atoms. The van der Waals surface area contributed by atoms with E-state index in [1.54, 1.807) is 0 Å². The first kappa shape index (κ1) is 37.3. The van der Waals surface area contributed by atoms with Crippen molar-refractivity contribution in [2.75, 3.05) is 18.9 Å². The second kappa shape index (κ2) is 19.5. The van der Waals surface area contributed by atoms with E-state index >= 15 is 0 Å². The van der Waals surface area contributed by atoms with Crippen molar-refractivity contribution in [2.45, 2.75) is 58.2 Å². The maximum Gasteiger partial charge on any atom is 0.408 e. The molecule has 0 saturated carbocycles. The molecule has 0 radical (unpaired) electrons. The van der Waals surface area contributed by atoms with Gasteiger partial charge in [0.2, 0.25) is 13.3 Å². The summed E-state index contributed by atoms with van der Waals surface area (Å²) in [6.07, 6.45) is 1.50. The molecule has 9 heteroatoms. The van der Waals surface area contributed by atoms with Crippen molar-refractivity contribution in [2.24, 2.45) is 5.92 Å². The molecule has 4 aromatic rings. The monoisotopic (exact) mass is 682 g/mol. The van der Waals surface area contributed by atoms with Crippen molar-refractivity contribution in [3.63, 3.8) is 0 Å². The minimum Gasteiger partial charge on any atom is -0.445 e. The number of rotatable bonds is 19. The lowest BCUT2D eigenvalue weighted by atomic mass is 10.00. The molecule has 0 aromatic heterocycles. The number of amides is 2. The lowest BCUT2D eigenvalue weighted by Gasteiger charge is -2.25. The summed E-state index contributed by atoms with van der Waals surface area (Å²) in [6.45, 7) is 3.53. The molecule has 2 amide bonds. The molecule has 0 spiro atoms. The van der Waals surface area contributed by atoms with E-state index in [2.05, 4.69) is 10.6 Å². The van der Waals surface area contributed by atoms with Crippen LogP contribution in [0.1, 0.15) is 42.5 Å². The van der Waals surface area contributed by atoms with Crippen LogP contribution in [0.15, 0.2) is 121 Å². The zero-order valence-corrected chi connectivity index (χ0v) is 29.2. The summed E-state index contributed by atoms with van der Waals surface area (Å²) in [5, 5.41) is 5.56. The topological polar surface area (TPSA) is 111 Å². The van der Waals surface area contributed by atoms with Crippen LogP contribution in [0.2, 0.25) is 0 Å². The highest BCUT2D eigenvalue weighted by Crippen LogP contribution is 2.48. The lowest BCUT2D eigenvalue weighted by molar-refractivity contribution is -0.130. The maximum atomic E-state index is 14.3. The average molecular weight is 683 g/mol. The van der Waals surface area contributed by atoms with Crippen LogP contribution in [0.5, 0.6) is 0 Å². The molecule has 8 nitrogen and oxygen atoms in total. The van der Waals surface area contributed by atoms with Gasteiger partial charge in [0, 0.05) is 12.3 Å². The van der Waals surface area contributed by atoms with Crippen LogP contribution in [-0.4, -0.2) is 48.8 Å². The molecule has 0 aliphatic carbocycles. The second-order valence-electron chi connectivity index (χ2n) is 12.6. The number of Topliss-reactive ketones (excluding diaryl/α,β-unsaturated/α-hetero) is 1. The number of aryl methyl sites for hydroxylation is 2. The standard InChI is InChI=1S/C40H47N2O6P/c1-31(2)27-37(42-40(45)47-29-35-21-13-6-14-22-35)39(44)41-36(28-34-19-11-5-12-20-34)38(43)30-48-49(46,25-23-32-15-7-3-8-16-32)26-24-33-17-9-4-10-18-33/h3-22,31,36-37H,23-30H2,1-2H3,(H,41,44)(H,42,45)/t36?,37-/m0/s1. The summed E-state index contributed by atoms with van der Waals surface area (Å²) in [5.74, 6) is -0.834. The first-order valence-corrected chi connectivity index (χ1v) is 18.8. The Morgan fingerprint density at radius 1 is 0.633 bits per heavy atom. The molecular weight excluding hydrogens is 635 g/mol. The van der Waals surface area contributed by atoms with E-state index in [9.17, 15) is 18.9 Å². The smallest absolute Gasteiger partial charge is 0.408 e. The number of carbonyl (C=O) groups excluding carboxylic acids is 3. The molecule has 4 aromatic carbocycles. The van der Waals surface area contributed by atoms with E-state index in [0.717, 1.165) is 22.3 Å². The van der Waals surface area contributed by atoms with Gasteiger partial charge < -0.3 is 19.9 Å². The molecule has 0 saturated heterocycles. The predicted octanol–water partition coefficient (Wildman–Crippen LogP) is 7.40. The molecule has 0 fully saturated rings. The van der Waals surface area contributed by atoms with Crippen molar-refractivity contribution in [1.29, 1.82) is 0 Å². The van der Waals surface area contributed by atoms with Crippen LogP contribution in [0.25, 0.3) is 0 Å². The van der Waals surface area contributed by atoms with Gasteiger partial charge in [-0.2, -0.15) is 0 Å². The van der Waals surface area contributed by atoms with Crippen LogP contribution in [0.4, 0.5) is 4.79 Å². The number of nitrogens with one attached hydrogen (secondary N) is 2. The van der Waals surface area contributed by atoms with Gasteiger partial charge in [-0.15, -0.1) is 0 Å². The fourth-order valence-electron chi connectivity index (χ4n) is 5.39. The molecule has 0 heterocycles. The number of hydrogen-bond donors (Lipinski definition) is 2. The Hall–Kier alpha value is -4.52. The molecule has 2 atom stereocenters. The highest BCUT2D eigenvalue weighted by atomic mass is 31.2. The number of carbonyl (C=O) groups is 3. The highest BCUT2D eigenvalue weighted by molar-refractivity contribution is 7.59. The van der Waals surface area contributed by atoms with Gasteiger partial charge in [-0.1, -0.05) is 135 Å². The van der Waals surface area contributed by atoms with Crippen molar-refractivity contribution < 1.29 is 28.2 Å². The highest BCUT2D eigenvalue weighted by Gasteiger charge is 2.30. The maximum absolute atomic E-state index is 14.3. The summed E-state index contributed by atoms with van der Waals surface area (Å²) in [4.78, 5) is 40.2. The van der Waals surface area contributed by atoms with Gasteiger partial charge in [-0.3, -0.25) is 14.2 Å². The Kier molecular flexibility index (Phi) is 14.8. The molecule has 2 N–H and O–H groups in total. The molecule has 0 bridgehead atoms. The fourth-order valence-corrected chi connectivity index (χ4v) is 7.43. The van der Waals surface area contributed by atoms with Crippen molar-refractivity contribution in [3.05, 3.63) is 144 Å². The number of alkyl carbamates (subject to hydrolysis) is 1. The third-order valence-corrected chi connectivity index (χ3v) is 10.5. The first-order chi connectivity index (χ1) is 23.7. The van der Waals surface area contributed by atoms with E-state index in [0.29, 0.717) is 19.3 Å². The average Bonchev–Trinajstić information content (AvgIpc) is 3.12. The largest absolute Gasteiger partial charge is 0.445 e. The Morgan fingerprint density at radius 3 is 1.59 bits per heavy atom. The van der Waals surface area contributed by atoms with Crippen LogP contribution < -0.4 is 10.6 Å². The lowest BCUT2D eigenvalue weighted by Crippen LogP contribution is -2.53. The van der Waals surface area contributed by atoms with E-state index in [1.165, 1.54) is 0 Å². The zero-order valence-electron chi connectivity index (χ0n) is 28.3. The van der Waals surface area contributed by atoms with Gasteiger partial charge in [-0.05, 0) is 53.9 Å². The van der Waals surface area contributed by atoms with Crippen LogP contribution in [0, 0.1) is 5.92 Å². The van der Waals surface area contributed by atoms with Gasteiger partial charge in [-0.25, -0.2) is 4.79 Å². The van der Waals surface area contributed by atoms with E-state index in [-0.39, 0.29) is 31.3 Å². The van der Waals surface area contributed by atoms with Gasteiger partial charge in [0.05, 0.1) is 6.04 Å². The summed E-state index contributed by atoms with van der Waals surface area (Å²) < 4.78 is 25.7. The van der Waals surface area contributed by atoms with E-state index in [4.69, 9.17) is 9.26 Å². The predicted molar refractivity (Wildman–Crippen MR) is 194 cm³/mol. The SMILES string of the molecule is CC(C)C[C@H](NC(=O)OCc1ccccc1)C(=O)NC(Cc1ccccc1)C(=O)COP(=O)(CCc1ccccc1)CCc1ccccc1. The quantitative estimate of drug-likeness (QED) is 0.0998. The van der Waals surface area contributed by atoms with Gasteiger partial charge in [0.1, 0.15) is 19.3 Å². The molecule has 0 aliphatic heterocycles. The third kappa shape index (κ3) is 13.5. The third-order valence-electron chi connectivity index (χ3n) is 8.13. The van der Waals surface area contributed by atoms with Gasteiger partial charge >= 0.3 is 6.09 Å². The molecule has 4 rings (SSSR count). The first-order valence-electron chi connectivity index (χ1n) is 16.8. The number of ketones is 1. The van der Waals surface area contributed by atoms with Crippen molar-refractivity contribution in [1.82, 2.24) is 10.6 Å². The Morgan fingerprint density at radius 2 is 1.10 bits per heavy atom. The van der Waals surface area contributed by atoms with Crippen LogP contribution >= 0.6 is 7.37 Å². The van der Waals surface area contributed by atoms with Crippen molar-refractivity contribution in [3.8, 4) is 0 Å². The zero-order chi connectivity index (χ0) is 34.9.